The standard InChI is InChI=1S/C17H22Cl2N4O2/c1-10-14(21-9-20-10)7-16(24)17(25)22-15(8-23(2)3)11-4-5-12(18)13(19)6-11/h4-6,9,15-16,24H,7-8H2,1-3H3,(H,20,21)(H,22,25). The number of nitrogens with zero attached hydrogens (tertiary/aromatic N) is 2. The Kier molecular flexibility index (Phi) is 6.84. The van der Waals surface area contributed by atoms with E-state index in [-0.39, 0.29) is 12.5 Å². The Hall–Kier alpha value is -1.60. The van der Waals surface area contributed by atoms with Gasteiger partial charge < -0.3 is 20.3 Å². The number of benzene rings is 1. The Bertz CT molecular complexity index is 733. The molecule has 1 aromatic heterocycles. The van der Waals surface area contributed by atoms with Crippen LogP contribution in [-0.4, -0.2) is 52.6 Å². The Labute approximate surface area is 157 Å². The molecule has 0 aliphatic rings. The van der Waals surface area contributed by atoms with Gasteiger partial charge in [-0.15, -0.1) is 0 Å². The van der Waals surface area contributed by atoms with Crippen LogP contribution in [0.4, 0.5) is 0 Å². The first kappa shape index (κ1) is 19.7. The molecule has 6 nitrogen and oxygen atoms in total. The molecule has 2 unspecified atom stereocenters. The van der Waals surface area contributed by atoms with Crippen LogP contribution in [-0.2, 0) is 11.2 Å². The number of hydrogen-bond acceptors (Lipinski definition) is 4. The van der Waals surface area contributed by atoms with Crippen LogP contribution < -0.4 is 5.32 Å². The number of rotatable bonds is 7. The van der Waals surface area contributed by atoms with Crippen molar-refractivity contribution < 1.29 is 9.90 Å². The summed E-state index contributed by atoms with van der Waals surface area (Å²) >= 11 is 12.0. The van der Waals surface area contributed by atoms with Crippen molar-refractivity contribution in [2.24, 2.45) is 0 Å². The highest BCUT2D eigenvalue weighted by atomic mass is 35.5. The third-order valence-corrected chi connectivity index (χ3v) is 4.57. The summed E-state index contributed by atoms with van der Waals surface area (Å²) in [4.78, 5) is 21.4. The molecule has 3 N–H and O–H groups in total. The summed E-state index contributed by atoms with van der Waals surface area (Å²) in [5.41, 5.74) is 2.32. The van der Waals surface area contributed by atoms with E-state index in [2.05, 4.69) is 15.3 Å². The molecule has 2 aromatic rings. The van der Waals surface area contributed by atoms with Crippen LogP contribution in [0.25, 0.3) is 0 Å². The van der Waals surface area contributed by atoms with Gasteiger partial charge in [-0.2, -0.15) is 0 Å². The molecule has 136 valence electrons. The zero-order valence-corrected chi connectivity index (χ0v) is 15.9. The first-order chi connectivity index (χ1) is 11.8. The van der Waals surface area contributed by atoms with Crippen molar-refractivity contribution in [2.75, 3.05) is 20.6 Å². The molecule has 0 bridgehead atoms. The van der Waals surface area contributed by atoms with Crippen molar-refractivity contribution in [3.8, 4) is 0 Å². The Morgan fingerprint density at radius 3 is 2.64 bits per heavy atom. The maximum Gasteiger partial charge on any atom is 0.249 e. The number of nitrogens with one attached hydrogen (secondary N) is 2. The van der Waals surface area contributed by atoms with Crippen LogP contribution >= 0.6 is 23.2 Å². The van der Waals surface area contributed by atoms with Crippen LogP contribution in [0.1, 0.15) is 23.0 Å². The summed E-state index contributed by atoms with van der Waals surface area (Å²) < 4.78 is 0. The first-order valence-corrected chi connectivity index (χ1v) is 8.60. The third kappa shape index (κ3) is 5.44. The number of aromatic amines is 1. The number of amides is 1. The highest BCUT2D eigenvalue weighted by Crippen LogP contribution is 2.26. The molecule has 0 aliphatic carbocycles. The number of H-pyrrole nitrogens is 1. The predicted octanol–water partition coefficient (Wildman–Crippen LogP) is 2.35. The molecule has 0 fully saturated rings. The zero-order chi connectivity index (χ0) is 18.6. The average molecular weight is 385 g/mol. The summed E-state index contributed by atoms with van der Waals surface area (Å²) in [5, 5.41) is 14.0. The van der Waals surface area contributed by atoms with E-state index in [1.54, 1.807) is 18.5 Å². The van der Waals surface area contributed by atoms with Gasteiger partial charge in [-0.25, -0.2) is 4.98 Å². The third-order valence-electron chi connectivity index (χ3n) is 3.83. The molecule has 0 aliphatic heterocycles. The predicted molar refractivity (Wildman–Crippen MR) is 98.9 cm³/mol. The Balaban J connectivity index is 2.11. The van der Waals surface area contributed by atoms with Gasteiger partial charge in [0, 0.05) is 18.7 Å². The van der Waals surface area contributed by atoms with Crippen molar-refractivity contribution in [1.29, 1.82) is 0 Å². The molecule has 0 saturated carbocycles. The number of likely N-dealkylation sites (N-methyl/N-ethyl adjacent to an activating group) is 1. The second kappa shape index (κ2) is 8.67. The highest BCUT2D eigenvalue weighted by molar-refractivity contribution is 6.42. The molecule has 2 atom stereocenters. The van der Waals surface area contributed by atoms with Gasteiger partial charge in [0.25, 0.3) is 0 Å². The van der Waals surface area contributed by atoms with Gasteiger partial charge in [-0.05, 0) is 38.7 Å². The van der Waals surface area contributed by atoms with Gasteiger partial charge in [0.05, 0.1) is 28.1 Å². The lowest BCUT2D eigenvalue weighted by atomic mass is 10.1. The van der Waals surface area contributed by atoms with Gasteiger partial charge in [0.1, 0.15) is 6.10 Å². The van der Waals surface area contributed by atoms with Gasteiger partial charge >= 0.3 is 0 Å². The fraction of sp³-hybridized carbons (Fsp3) is 0.412. The Morgan fingerprint density at radius 2 is 2.08 bits per heavy atom. The topological polar surface area (TPSA) is 81.2 Å². The number of aromatic nitrogens is 2. The molecule has 25 heavy (non-hydrogen) atoms. The van der Waals surface area contributed by atoms with Crippen LogP contribution in [0.3, 0.4) is 0 Å². The molecule has 1 heterocycles. The Morgan fingerprint density at radius 1 is 1.36 bits per heavy atom. The largest absolute Gasteiger partial charge is 0.383 e. The maximum absolute atomic E-state index is 12.4. The number of aliphatic hydroxyl groups excluding tert-OH is 1. The van der Waals surface area contributed by atoms with Crippen LogP contribution in [0, 0.1) is 6.92 Å². The monoisotopic (exact) mass is 384 g/mol. The second-order valence-electron chi connectivity index (χ2n) is 6.19. The quantitative estimate of drug-likeness (QED) is 0.684. The number of halogens is 2. The molecule has 0 spiro atoms. The number of imidazole rings is 1. The molecular weight excluding hydrogens is 363 g/mol. The zero-order valence-electron chi connectivity index (χ0n) is 14.4. The number of carbonyl (C=O) groups excluding carboxylic acids is 1. The molecule has 8 heteroatoms. The van der Waals surface area contributed by atoms with E-state index in [0.717, 1.165) is 11.3 Å². The van der Waals surface area contributed by atoms with Crippen LogP contribution in [0.15, 0.2) is 24.5 Å². The van der Waals surface area contributed by atoms with Crippen molar-refractivity contribution in [3.05, 3.63) is 51.5 Å². The van der Waals surface area contributed by atoms with Gasteiger partial charge in [-0.3, -0.25) is 4.79 Å². The number of carbonyl (C=O) groups is 1. The summed E-state index contributed by atoms with van der Waals surface area (Å²) in [6.07, 6.45) is 0.506. The maximum atomic E-state index is 12.4. The lowest BCUT2D eigenvalue weighted by Gasteiger charge is -2.24. The summed E-state index contributed by atoms with van der Waals surface area (Å²) in [6, 6.07) is 4.90. The van der Waals surface area contributed by atoms with E-state index < -0.39 is 12.0 Å². The van der Waals surface area contributed by atoms with Crippen LogP contribution in [0.2, 0.25) is 10.0 Å². The summed E-state index contributed by atoms with van der Waals surface area (Å²) in [6.45, 7) is 2.40. The number of hydrogen-bond donors (Lipinski definition) is 3. The SMILES string of the molecule is Cc1[nH]cnc1CC(O)C(=O)NC(CN(C)C)c1ccc(Cl)c(Cl)c1. The lowest BCUT2D eigenvalue weighted by molar-refractivity contribution is -0.130. The van der Waals surface area contributed by atoms with Crippen molar-refractivity contribution in [3.63, 3.8) is 0 Å². The summed E-state index contributed by atoms with van der Waals surface area (Å²) in [7, 11) is 3.81. The second-order valence-corrected chi connectivity index (χ2v) is 7.01. The minimum Gasteiger partial charge on any atom is -0.383 e. The fourth-order valence-electron chi connectivity index (χ4n) is 2.47. The van der Waals surface area contributed by atoms with E-state index in [0.29, 0.717) is 22.3 Å². The van der Waals surface area contributed by atoms with E-state index in [4.69, 9.17) is 23.2 Å². The van der Waals surface area contributed by atoms with Gasteiger partial charge in [-0.1, -0.05) is 29.3 Å². The van der Waals surface area contributed by atoms with Gasteiger partial charge in [0.15, 0.2) is 0 Å². The van der Waals surface area contributed by atoms with Crippen molar-refractivity contribution in [2.45, 2.75) is 25.5 Å². The normalized spacial score (nSPS) is 13.7. The van der Waals surface area contributed by atoms with Crippen LogP contribution in [0.5, 0.6) is 0 Å². The highest BCUT2D eigenvalue weighted by Gasteiger charge is 2.23. The molecule has 0 radical (unpaired) electrons. The average Bonchev–Trinajstić information content (AvgIpc) is 2.94. The lowest BCUT2D eigenvalue weighted by Crippen LogP contribution is -2.41. The molecule has 1 amide bonds. The number of aliphatic hydroxyl groups is 1. The fourth-order valence-corrected chi connectivity index (χ4v) is 2.77. The van der Waals surface area contributed by atoms with Gasteiger partial charge in [0.2, 0.25) is 5.91 Å². The number of aryl methyl sites for hydroxylation is 1. The van der Waals surface area contributed by atoms with E-state index in [1.165, 1.54) is 0 Å². The molecule has 1 aromatic carbocycles. The molecular formula is C17H22Cl2N4O2. The minimum atomic E-state index is -1.19. The summed E-state index contributed by atoms with van der Waals surface area (Å²) in [5.74, 6) is -0.458. The smallest absolute Gasteiger partial charge is 0.249 e. The van der Waals surface area contributed by atoms with E-state index in [1.807, 2.05) is 32.0 Å². The van der Waals surface area contributed by atoms with E-state index >= 15 is 0 Å². The van der Waals surface area contributed by atoms with Crippen molar-refractivity contribution in [1.82, 2.24) is 20.2 Å². The molecule has 2 rings (SSSR count). The molecule has 0 saturated heterocycles. The van der Waals surface area contributed by atoms with E-state index in [9.17, 15) is 9.90 Å². The minimum absolute atomic E-state index is 0.150. The first-order valence-electron chi connectivity index (χ1n) is 7.85. The van der Waals surface area contributed by atoms with Crippen molar-refractivity contribution >= 4 is 29.1 Å².